The Kier molecular flexibility index (Phi) is 4.53. The Balaban J connectivity index is 2.84. The summed E-state index contributed by atoms with van der Waals surface area (Å²) in [5, 5.41) is 8.81. The molecule has 1 aromatic carbocycles. The summed E-state index contributed by atoms with van der Waals surface area (Å²) in [5.41, 5.74) is 1.72. The van der Waals surface area contributed by atoms with Gasteiger partial charge in [0.05, 0.1) is 18.2 Å². The lowest BCUT2D eigenvalue weighted by Crippen LogP contribution is -2.35. The standard InChI is InChI=1S/C13H18N4/c1-16(2)13(17(3)4)15-10-12-7-5-6-11(8-12)9-14/h5-8H,10H2,1-4H3. The van der Waals surface area contributed by atoms with Crippen molar-refractivity contribution in [3.05, 3.63) is 35.4 Å². The van der Waals surface area contributed by atoms with Crippen LogP contribution in [0.5, 0.6) is 0 Å². The maximum absolute atomic E-state index is 8.81. The summed E-state index contributed by atoms with van der Waals surface area (Å²) >= 11 is 0. The highest BCUT2D eigenvalue weighted by atomic mass is 15.3. The van der Waals surface area contributed by atoms with Crippen molar-refractivity contribution in [2.24, 2.45) is 4.99 Å². The van der Waals surface area contributed by atoms with E-state index in [1.807, 2.05) is 56.2 Å². The van der Waals surface area contributed by atoms with Crippen molar-refractivity contribution in [3.63, 3.8) is 0 Å². The lowest BCUT2D eigenvalue weighted by molar-refractivity contribution is 0.479. The van der Waals surface area contributed by atoms with Gasteiger partial charge < -0.3 is 9.80 Å². The average Bonchev–Trinajstić information content (AvgIpc) is 2.28. The molecule has 0 aliphatic rings. The van der Waals surface area contributed by atoms with Gasteiger partial charge in [0.2, 0.25) is 0 Å². The highest BCUT2D eigenvalue weighted by Crippen LogP contribution is 2.06. The molecule has 4 nitrogen and oxygen atoms in total. The molecule has 0 bridgehead atoms. The van der Waals surface area contributed by atoms with Gasteiger partial charge in [-0.1, -0.05) is 12.1 Å². The predicted octanol–water partition coefficient (Wildman–Crippen LogP) is 1.54. The Morgan fingerprint density at radius 1 is 1.24 bits per heavy atom. The smallest absolute Gasteiger partial charge is 0.195 e. The molecule has 17 heavy (non-hydrogen) atoms. The van der Waals surface area contributed by atoms with E-state index >= 15 is 0 Å². The molecule has 4 heteroatoms. The second-order valence-corrected chi connectivity index (χ2v) is 4.22. The fourth-order valence-corrected chi connectivity index (χ4v) is 1.58. The first-order valence-corrected chi connectivity index (χ1v) is 5.42. The molecule has 0 atom stereocenters. The van der Waals surface area contributed by atoms with Gasteiger partial charge in [-0.05, 0) is 17.7 Å². The van der Waals surface area contributed by atoms with E-state index in [2.05, 4.69) is 11.1 Å². The number of nitriles is 1. The fraction of sp³-hybridized carbons (Fsp3) is 0.385. The van der Waals surface area contributed by atoms with E-state index in [0.717, 1.165) is 11.5 Å². The van der Waals surface area contributed by atoms with E-state index in [1.54, 1.807) is 6.07 Å². The number of rotatable bonds is 2. The SMILES string of the molecule is CN(C)C(=NCc1cccc(C#N)c1)N(C)C. The first kappa shape index (κ1) is 13.0. The molecule has 90 valence electrons. The van der Waals surface area contributed by atoms with Gasteiger partial charge in [-0.15, -0.1) is 0 Å². The van der Waals surface area contributed by atoms with Crippen molar-refractivity contribution in [2.45, 2.75) is 6.54 Å². The number of benzene rings is 1. The normalized spacial score (nSPS) is 9.35. The molecule has 0 spiro atoms. The number of aliphatic imine (C=N–C) groups is 1. The van der Waals surface area contributed by atoms with Crippen LogP contribution in [0.15, 0.2) is 29.3 Å². The van der Waals surface area contributed by atoms with Crippen LogP contribution in [0.2, 0.25) is 0 Å². The van der Waals surface area contributed by atoms with Gasteiger partial charge in [-0.25, -0.2) is 4.99 Å². The van der Waals surface area contributed by atoms with Gasteiger partial charge in [-0.3, -0.25) is 0 Å². The Bertz CT molecular complexity index is 431. The molecule has 0 aromatic heterocycles. The van der Waals surface area contributed by atoms with Crippen molar-refractivity contribution in [1.29, 1.82) is 5.26 Å². The van der Waals surface area contributed by atoms with Crippen LogP contribution in [0, 0.1) is 11.3 Å². The maximum Gasteiger partial charge on any atom is 0.195 e. The molecular formula is C13H18N4. The quantitative estimate of drug-likeness (QED) is 0.571. The van der Waals surface area contributed by atoms with Gasteiger partial charge in [0.15, 0.2) is 5.96 Å². The van der Waals surface area contributed by atoms with Crippen LogP contribution in [0.1, 0.15) is 11.1 Å². The van der Waals surface area contributed by atoms with Crippen LogP contribution in [-0.4, -0.2) is 44.0 Å². The van der Waals surface area contributed by atoms with Gasteiger partial charge in [0.25, 0.3) is 0 Å². The number of nitrogens with zero attached hydrogens (tertiary/aromatic N) is 4. The zero-order valence-corrected chi connectivity index (χ0v) is 10.8. The third-order valence-corrected chi connectivity index (χ3v) is 2.26. The van der Waals surface area contributed by atoms with E-state index in [-0.39, 0.29) is 0 Å². The molecule has 0 N–H and O–H groups in total. The topological polar surface area (TPSA) is 42.6 Å². The highest BCUT2D eigenvalue weighted by Gasteiger charge is 2.03. The predicted molar refractivity (Wildman–Crippen MR) is 69.7 cm³/mol. The zero-order chi connectivity index (χ0) is 12.8. The molecule has 0 saturated heterocycles. The molecule has 0 aliphatic heterocycles. The number of hydrogen-bond acceptors (Lipinski definition) is 2. The minimum absolute atomic E-state index is 0.585. The summed E-state index contributed by atoms with van der Waals surface area (Å²) in [6.45, 7) is 0.585. The highest BCUT2D eigenvalue weighted by molar-refractivity contribution is 5.79. The Morgan fingerprint density at radius 3 is 2.41 bits per heavy atom. The Hall–Kier alpha value is -2.02. The van der Waals surface area contributed by atoms with Gasteiger partial charge >= 0.3 is 0 Å². The molecule has 1 aromatic rings. The van der Waals surface area contributed by atoms with Crippen LogP contribution >= 0.6 is 0 Å². The van der Waals surface area contributed by atoms with Crippen molar-refractivity contribution >= 4 is 5.96 Å². The third-order valence-electron chi connectivity index (χ3n) is 2.26. The van der Waals surface area contributed by atoms with Crippen LogP contribution in [0.3, 0.4) is 0 Å². The van der Waals surface area contributed by atoms with Crippen molar-refractivity contribution in [3.8, 4) is 6.07 Å². The Morgan fingerprint density at radius 2 is 1.88 bits per heavy atom. The monoisotopic (exact) mass is 230 g/mol. The molecule has 0 heterocycles. The first-order valence-electron chi connectivity index (χ1n) is 5.42. The molecule has 0 amide bonds. The third kappa shape index (κ3) is 3.80. The van der Waals surface area contributed by atoms with E-state index in [0.29, 0.717) is 12.1 Å². The Labute approximate surface area is 103 Å². The van der Waals surface area contributed by atoms with Crippen molar-refractivity contribution < 1.29 is 0 Å². The van der Waals surface area contributed by atoms with Crippen LogP contribution < -0.4 is 0 Å². The molecule has 0 unspecified atom stereocenters. The molecule has 1 rings (SSSR count). The van der Waals surface area contributed by atoms with E-state index in [4.69, 9.17) is 5.26 Å². The molecule has 0 saturated carbocycles. The summed E-state index contributed by atoms with van der Waals surface area (Å²) < 4.78 is 0. The second kappa shape index (κ2) is 5.90. The van der Waals surface area contributed by atoms with Gasteiger partial charge in [0, 0.05) is 28.2 Å². The molecule has 0 radical (unpaired) electrons. The number of hydrogen-bond donors (Lipinski definition) is 0. The number of guanidine groups is 1. The zero-order valence-electron chi connectivity index (χ0n) is 10.8. The van der Waals surface area contributed by atoms with E-state index < -0.39 is 0 Å². The minimum atomic E-state index is 0.585. The van der Waals surface area contributed by atoms with E-state index in [9.17, 15) is 0 Å². The molecule has 0 aliphatic carbocycles. The van der Waals surface area contributed by atoms with Crippen LogP contribution in [0.4, 0.5) is 0 Å². The fourth-order valence-electron chi connectivity index (χ4n) is 1.58. The molecule has 0 fully saturated rings. The van der Waals surface area contributed by atoms with Crippen LogP contribution in [0.25, 0.3) is 0 Å². The first-order chi connectivity index (χ1) is 8.04. The largest absolute Gasteiger partial charge is 0.349 e. The van der Waals surface area contributed by atoms with Crippen molar-refractivity contribution in [1.82, 2.24) is 9.80 Å². The van der Waals surface area contributed by atoms with Crippen molar-refractivity contribution in [2.75, 3.05) is 28.2 Å². The van der Waals surface area contributed by atoms with E-state index in [1.165, 1.54) is 0 Å². The molecular weight excluding hydrogens is 212 g/mol. The lowest BCUT2D eigenvalue weighted by atomic mass is 10.1. The summed E-state index contributed by atoms with van der Waals surface area (Å²) in [4.78, 5) is 8.46. The summed E-state index contributed by atoms with van der Waals surface area (Å²) in [7, 11) is 7.85. The summed E-state index contributed by atoms with van der Waals surface area (Å²) in [5.74, 6) is 0.910. The van der Waals surface area contributed by atoms with Gasteiger partial charge in [-0.2, -0.15) is 5.26 Å². The summed E-state index contributed by atoms with van der Waals surface area (Å²) in [6, 6.07) is 9.66. The van der Waals surface area contributed by atoms with Crippen LogP contribution in [-0.2, 0) is 6.54 Å². The lowest BCUT2D eigenvalue weighted by Gasteiger charge is -2.22. The minimum Gasteiger partial charge on any atom is -0.349 e. The second-order valence-electron chi connectivity index (χ2n) is 4.22. The average molecular weight is 230 g/mol. The maximum atomic E-state index is 8.81. The summed E-state index contributed by atoms with van der Waals surface area (Å²) in [6.07, 6.45) is 0. The van der Waals surface area contributed by atoms with Gasteiger partial charge in [0.1, 0.15) is 0 Å².